The van der Waals surface area contributed by atoms with Crippen molar-refractivity contribution in [2.24, 2.45) is 0 Å². The van der Waals surface area contributed by atoms with Crippen LogP contribution in [-0.2, 0) is 0 Å². The first kappa shape index (κ1) is 16.4. The fraction of sp³-hybridized carbons (Fsp3) is 0.471. The zero-order valence-electron chi connectivity index (χ0n) is 13.9. The number of amides is 1. The quantitative estimate of drug-likeness (QED) is 0.891. The number of ether oxygens (including phenoxy) is 1. The molecule has 2 aromatic rings. The summed E-state index contributed by atoms with van der Waals surface area (Å²) in [7, 11) is 3.65. The second kappa shape index (κ2) is 6.83. The van der Waals surface area contributed by atoms with Gasteiger partial charge in [-0.05, 0) is 46.0 Å². The van der Waals surface area contributed by atoms with E-state index < -0.39 is 0 Å². The fourth-order valence-electron chi connectivity index (χ4n) is 2.30. The Labute approximate surface area is 131 Å². The molecule has 5 heteroatoms. The van der Waals surface area contributed by atoms with Gasteiger partial charge in [-0.2, -0.15) is 0 Å². The standard InChI is InChI=1S/C17H24N2O3/c1-11(2)19(4)9-8-18-17(20)16-12(3)22-15-7-6-13(21-5)10-14(15)16/h6-7,10-11H,8-9H2,1-5H3,(H,18,20). The Bertz CT molecular complexity index is 661. The Morgan fingerprint density at radius 1 is 1.41 bits per heavy atom. The van der Waals surface area contributed by atoms with Crippen molar-refractivity contribution in [3.8, 4) is 5.75 Å². The normalized spacial score (nSPS) is 11.4. The SMILES string of the molecule is COc1ccc2oc(C)c(C(=O)NCCN(C)C(C)C)c2c1. The lowest BCUT2D eigenvalue weighted by molar-refractivity contribution is 0.0948. The number of carbonyl (C=O) groups excluding carboxylic acids is 1. The topological polar surface area (TPSA) is 54.7 Å². The van der Waals surface area contributed by atoms with Crippen LogP contribution < -0.4 is 10.1 Å². The smallest absolute Gasteiger partial charge is 0.255 e. The molecule has 0 fully saturated rings. The molecule has 1 N–H and O–H groups in total. The summed E-state index contributed by atoms with van der Waals surface area (Å²) in [4.78, 5) is 14.6. The molecule has 0 radical (unpaired) electrons. The lowest BCUT2D eigenvalue weighted by Crippen LogP contribution is -2.36. The lowest BCUT2D eigenvalue weighted by Gasteiger charge is -2.20. The summed E-state index contributed by atoms with van der Waals surface area (Å²) in [5.41, 5.74) is 1.28. The van der Waals surface area contributed by atoms with Gasteiger partial charge in [0.1, 0.15) is 17.1 Å². The molecule has 0 aliphatic rings. The fourth-order valence-corrected chi connectivity index (χ4v) is 2.30. The molecule has 0 unspecified atom stereocenters. The van der Waals surface area contributed by atoms with Crippen LogP contribution in [0.15, 0.2) is 22.6 Å². The third-order valence-corrected chi connectivity index (χ3v) is 3.93. The van der Waals surface area contributed by atoms with Gasteiger partial charge in [-0.25, -0.2) is 0 Å². The molecule has 0 saturated heterocycles. The second-order valence-corrected chi connectivity index (χ2v) is 5.73. The Morgan fingerprint density at radius 3 is 2.77 bits per heavy atom. The van der Waals surface area contributed by atoms with Gasteiger partial charge in [-0.15, -0.1) is 0 Å². The highest BCUT2D eigenvalue weighted by Gasteiger charge is 2.18. The van der Waals surface area contributed by atoms with E-state index in [1.165, 1.54) is 0 Å². The average Bonchev–Trinajstić information content (AvgIpc) is 2.81. The van der Waals surface area contributed by atoms with E-state index in [0.717, 1.165) is 11.9 Å². The first-order valence-corrected chi connectivity index (χ1v) is 7.49. The van der Waals surface area contributed by atoms with E-state index in [9.17, 15) is 4.79 Å². The van der Waals surface area contributed by atoms with Gasteiger partial charge in [0.2, 0.25) is 0 Å². The van der Waals surface area contributed by atoms with Crippen molar-refractivity contribution >= 4 is 16.9 Å². The first-order valence-electron chi connectivity index (χ1n) is 7.49. The summed E-state index contributed by atoms with van der Waals surface area (Å²) in [6.45, 7) is 7.47. The molecule has 120 valence electrons. The van der Waals surface area contributed by atoms with Crippen LogP contribution in [-0.4, -0.2) is 44.1 Å². The van der Waals surface area contributed by atoms with Gasteiger partial charge in [0.15, 0.2) is 0 Å². The van der Waals surface area contributed by atoms with Crippen LogP contribution in [0.5, 0.6) is 5.75 Å². The van der Waals surface area contributed by atoms with Gasteiger partial charge < -0.3 is 19.4 Å². The van der Waals surface area contributed by atoms with E-state index in [0.29, 0.717) is 35.2 Å². The van der Waals surface area contributed by atoms with Gasteiger partial charge in [0.25, 0.3) is 5.91 Å². The number of nitrogens with zero attached hydrogens (tertiary/aromatic N) is 1. The van der Waals surface area contributed by atoms with Crippen LogP contribution in [0.2, 0.25) is 0 Å². The van der Waals surface area contributed by atoms with E-state index in [4.69, 9.17) is 9.15 Å². The minimum atomic E-state index is -0.110. The molecule has 0 spiro atoms. The molecule has 22 heavy (non-hydrogen) atoms. The summed E-state index contributed by atoms with van der Waals surface area (Å²) >= 11 is 0. The van der Waals surface area contributed by atoms with Crippen molar-refractivity contribution in [3.05, 3.63) is 29.5 Å². The van der Waals surface area contributed by atoms with Gasteiger partial charge in [-0.1, -0.05) is 0 Å². The van der Waals surface area contributed by atoms with E-state index in [1.807, 2.05) is 32.2 Å². The Morgan fingerprint density at radius 2 is 2.14 bits per heavy atom. The molecule has 1 amide bonds. The molecular weight excluding hydrogens is 280 g/mol. The Balaban J connectivity index is 2.15. The number of methoxy groups -OCH3 is 1. The highest BCUT2D eigenvalue weighted by atomic mass is 16.5. The van der Waals surface area contributed by atoms with Gasteiger partial charge in [0, 0.05) is 24.5 Å². The van der Waals surface area contributed by atoms with Crippen LogP contribution in [0.25, 0.3) is 11.0 Å². The number of likely N-dealkylation sites (N-methyl/N-ethyl adjacent to an activating group) is 1. The van der Waals surface area contributed by atoms with Gasteiger partial charge >= 0.3 is 0 Å². The molecule has 0 bridgehead atoms. The Kier molecular flexibility index (Phi) is 5.08. The van der Waals surface area contributed by atoms with Crippen molar-refractivity contribution in [2.75, 3.05) is 27.2 Å². The minimum Gasteiger partial charge on any atom is -0.497 e. The second-order valence-electron chi connectivity index (χ2n) is 5.73. The highest BCUT2D eigenvalue weighted by molar-refractivity contribution is 6.07. The van der Waals surface area contributed by atoms with E-state index in [1.54, 1.807) is 7.11 Å². The number of furan rings is 1. The van der Waals surface area contributed by atoms with E-state index in [2.05, 4.69) is 24.1 Å². The van der Waals surface area contributed by atoms with Crippen LogP contribution in [0.4, 0.5) is 0 Å². The number of benzene rings is 1. The van der Waals surface area contributed by atoms with Crippen molar-refractivity contribution < 1.29 is 13.9 Å². The monoisotopic (exact) mass is 304 g/mol. The number of hydrogen-bond acceptors (Lipinski definition) is 4. The van der Waals surface area contributed by atoms with Crippen LogP contribution in [0, 0.1) is 6.92 Å². The molecule has 2 rings (SSSR count). The van der Waals surface area contributed by atoms with Crippen molar-refractivity contribution in [1.29, 1.82) is 0 Å². The largest absolute Gasteiger partial charge is 0.497 e. The zero-order chi connectivity index (χ0) is 16.3. The highest BCUT2D eigenvalue weighted by Crippen LogP contribution is 2.28. The summed E-state index contributed by atoms with van der Waals surface area (Å²) < 4.78 is 10.9. The Hall–Kier alpha value is -2.01. The number of rotatable bonds is 6. The summed E-state index contributed by atoms with van der Waals surface area (Å²) in [5, 5.41) is 3.74. The predicted octanol–water partition coefficient (Wildman–Crippen LogP) is 2.82. The van der Waals surface area contributed by atoms with Crippen molar-refractivity contribution in [1.82, 2.24) is 10.2 Å². The number of carbonyl (C=O) groups is 1. The summed E-state index contributed by atoms with van der Waals surface area (Å²) in [6.07, 6.45) is 0. The molecule has 0 aliphatic carbocycles. The maximum atomic E-state index is 12.5. The summed E-state index contributed by atoms with van der Waals surface area (Å²) in [5.74, 6) is 1.22. The number of aryl methyl sites for hydroxylation is 1. The molecule has 1 heterocycles. The number of hydrogen-bond donors (Lipinski definition) is 1. The maximum absolute atomic E-state index is 12.5. The third-order valence-electron chi connectivity index (χ3n) is 3.93. The minimum absolute atomic E-state index is 0.110. The first-order chi connectivity index (χ1) is 10.4. The molecule has 1 aromatic carbocycles. The van der Waals surface area contributed by atoms with E-state index in [-0.39, 0.29) is 5.91 Å². The maximum Gasteiger partial charge on any atom is 0.255 e. The molecular formula is C17H24N2O3. The molecule has 0 aliphatic heterocycles. The molecule has 0 saturated carbocycles. The van der Waals surface area contributed by atoms with Crippen LogP contribution in [0.3, 0.4) is 0 Å². The predicted molar refractivity (Wildman–Crippen MR) is 87.6 cm³/mol. The molecule has 5 nitrogen and oxygen atoms in total. The van der Waals surface area contributed by atoms with E-state index >= 15 is 0 Å². The lowest BCUT2D eigenvalue weighted by atomic mass is 10.1. The number of nitrogens with one attached hydrogen (secondary N) is 1. The third kappa shape index (κ3) is 3.42. The van der Waals surface area contributed by atoms with Crippen LogP contribution >= 0.6 is 0 Å². The average molecular weight is 304 g/mol. The van der Waals surface area contributed by atoms with Gasteiger partial charge in [0.05, 0.1) is 12.7 Å². The van der Waals surface area contributed by atoms with Crippen molar-refractivity contribution in [2.45, 2.75) is 26.8 Å². The molecule has 0 atom stereocenters. The van der Waals surface area contributed by atoms with Crippen LogP contribution in [0.1, 0.15) is 30.0 Å². The van der Waals surface area contributed by atoms with Gasteiger partial charge in [-0.3, -0.25) is 4.79 Å². The summed E-state index contributed by atoms with van der Waals surface area (Å²) in [6, 6.07) is 5.94. The number of fused-ring (bicyclic) bond motifs is 1. The molecule has 1 aromatic heterocycles. The zero-order valence-corrected chi connectivity index (χ0v) is 13.9. The van der Waals surface area contributed by atoms with Crippen molar-refractivity contribution in [3.63, 3.8) is 0 Å².